The Kier molecular flexibility index (Phi) is 4.98. The van der Waals surface area contributed by atoms with Crippen molar-refractivity contribution in [2.45, 2.75) is 31.3 Å². The van der Waals surface area contributed by atoms with Crippen molar-refractivity contribution in [1.29, 1.82) is 0 Å². The predicted molar refractivity (Wildman–Crippen MR) is 84.6 cm³/mol. The van der Waals surface area contributed by atoms with Crippen molar-refractivity contribution >= 4 is 20.8 Å². The van der Waals surface area contributed by atoms with Crippen LogP contribution < -0.4 is 4.72 Å². The van der Waals surface area contributed by atoms with Crippen LogP contribution in [0.5, 0.6) is 0 Å². The number of rotatable bonds is 6. The Hall–Kier alpha value is -1.43. The fourth-order valence-corrected chi connectivity index (χ4v) is 3.46. The molecule has 2 rings (SSSR count). The molecule has 114 valence electrons. The standard InChI is InChI=1S/C16H21NO3S/c1-12(2)15(18)10-11-17-21(19,20)16-9-5-7-13-6-3-4-8-14(13)16/h3-9,12,15,17-18H,10-11H2,1-2H3. The molecule has 4 nitrogen and oxygen atoms in total. The Morgan fingerprint density at radius 1 is 1.10 bits per heavy atom. The first kappa shape index (κ1) is 15.9. The first-order valence-electron chi connectivity index (χ1n) is 7.07. The van der Waals surface area contributed by atoms with Gasteiger partial charge in [-0.25, -0.2) is 13.1 Å². The van der Waals surface area contributed by atoms with Crippen LogP contribution in [-0.2, 0) is 10.0 Å². The van der Waals surface area contributed by atoms with Crippen LogP contribution in [-0.4, -0.2) is 26.2 Å². The molecule has 0 fully saturated rings. The quantitative estimate of drug-likeness (QED) is 0.862. The second-order valence-electron chi connectivity index (χ2n) is 5.48. The minimum absolute atomic E-state index is 0.118. The maximum absolute atomic E-state index is 12.4. The van der Waals surface area contributed by atoms with Crippen LogP contribution in [0.25, 0.3) is 10.8 Å². The lowest BCUT2D eigenvalue weighted by atomic mass is 10.1. The first-order chi connectivity index (χ1) is 9.92. The van der Waals surface area contributed by atoms with Gasteiger partial charge in [0.25, 0.3) is 0 Å². The molecule has 1 atom stereocenters. The van der Waals surface area contributed by atoms with Crippen LogP contribution in [0.15, 0.2) is 47.4 Å². The highest BCUT2D eigenvalue weighted by Gasteiger charge is 2.17. The van der Waals surface area contributed by atoms with Gasteiger partial charge >= 0.3 is 0 Å². The summed E-state index contributed by atoms with van der Waals surface area (Å²) in [5.41, 5.74) is 0. The lowest BCUT2D eigenvalue weighted by molar-refractivity contribution is 0.118. The summed E-state index contributed by atoms with van der Waals surface area (Å²) in [6.45, 7) is 4.04. The molecule has 0 aliphatic heterocycles. The summed E-state index contributed by atoms with van der Waals surface area (Å²) < 4.78 is 27.4. The Morgan fingerprint density at radius 2 is 1.76 bits per heavy atom. The number of hydrogen-bond donors (Lipinski definition) is 2. The van der Waals surface area contributed by atoms with Crippen molar-refractivity contribution in [1.82, 2.24) is 4.72 Å². The lowest BCUT2D eigenvalue weighted by Crippen LogP contribution is -2.29. The highest BCUT2D eigenvalue weighted by molar-refractivity contribution is 7.89. The summed E-state index contributed by atoms with van der Waals surface area (Å²) in [6, 6.07) is 12.6. The maximum Gasteiger partial charge on any atom is 0.241 e. The third-order valence-corrected chi connectivity index (χ3v) is 5.06. The third-order valence-electron chi connectivity index (χ3n) is 3.54. The van der Waals surface area contributed by atoms with Gasteiger partial charge in [0.05, 0.1) is 11.0 Å². The molecule has 0 bridgehead atoms. The van der Waals surface area contributed by atoms with Crippen LogP contribution in [0, 0.1) is 5.92 Å². The van der Waals surface area contributed by atoms with Gasteiger partial charge in [-0.3, -0.25) is 0 Å². The molecular weight excluding hydrogens is 286 g/mol. The van der Waals surface area contributed by atoms with Crippen LogP contribution in [0.1, 0.15) is 20.3 Å². The van der Waals surface area contributed by atoms with E-state index in [4.69, 9.17) is 0 Å². The van der Waals surface area contributed by atoms with E-state index in [9.17, 15) is 13.5 Å². The van der Waals surface area contributed by atoms with E-state index in [1.165, 1.54) is 0 Å². The van der Waals surface area contributed by atoms with Gasteiger partial charge in [0, 0.05) is 11.9 Å². The van der Waals surface area contributed by atoms with E-state index in [0.717, 1.165) is 5.39 Å². The van der Waals surface area contributed by atoms with E-state index in [1.807, 2.05) is 38.1 Å². The molecule has 0 saturated carbocycles. The zero-order valence-electron chi connectivity index (χ0n) is 12.3. The molecule has 1 unspecified atom stereocenters. The minimum atomic E-state index is -3.57. The number of sulfonamides is 1. The van der Waals surface area contributed by atoms with Crippen molar-refractivity contribution in [3.63, 3.8) is 0 Å². The van der Waals surface area contributed by atoms with Gasteiger partial charge < -0.3 is 5.11 Å². The molecule has 5 heteroatoms. The second-order valence-corrected chi connectivity index (χ2v) is 7.21. The summed E-state index contributed by atoms with van der Waals surface area (Å²) in [4.78, 5) is 0.277. The summed E-state index contributed by atoms with van der Waals surface area (Å²) in [5, 5.41) is 11.3. The number of fused-ring (bicyclic) bond motifs is 1. The average molecular weight is 307 g/mol. The largest absolute Gasteiger partial charge is 0.393 e. The molecular formula is C16H21NO3S. The Morgan fingerprint density at radius 3 is 2.48 bits per heavy atom. The summed E-state index contributed by atoms with van der Waals surface area (Å²) >= 11 is 0. The number of hydrogen-bond acceptors (Lipinski definition) is 3. The van der Waals surface area contributed by atoms with E-state index in [2.05, 4.69) is 4.72 Å². The first-order valence-corrected chi connectivity index (χ1v) is 8.55. The molecule has 2 N–H and O–H groups in total. The van der Waals surface area contributed by atoms with E-state index in [1.54, 1.807) is 18.2 Å². The van der Waals surface area contributed by atoms with Crippen molar-refractivity contribution in [3.05, 3.63) is 42.5 Å². The highest BCUT2D eigenvalue weighted by atomic mass is 32.2. The van der Waals surface area contributed by atoms with Crippen LogP contribution >= 0.6 is 0 Å². The Bertz CT molecular complexity index is 705. The topological polar surface area (TPSA) is 66.4 Å². The van der Waals surface area contributed by atoms with Crippen molar-refractivity contribution in [2.75, 3.05) is 6.54 Å². The summed E-state index contributed by atoms with van der Waals surface area (Å²) in [7, 11) is -3.57. The molecule has 2 aromatic rings. The molecule has 0 aliphatic carbocycles. The van der Waals surface area contributed by atoms with Crippen molar-refractivity contribution in [3.8, 4) is 0 Å². The van der Waals surface area contributed by atoms with Gasteiger partial charge in [0.15, 0.2) is 0 Å². The fourth-order valence-electron chi connectivity index (χ4n) is 2.18. The van der Waals surface area contributed by atoms with E-state index < -0.39 is 16.1 Å². The number of benzene rings is 2. The Balaban J connectivity index is 2.19. The average Bonchev–Trinajstić information content (AvgIpc) is 2.46. The highest BCUT2D eigenvalue weighted by Crippen LogP contribution is 2.22. The second kappa shape index (κ2) is 6.56. The van der Waals surface area contributed by atoms with Crippen LogP contribution in [0.3, 0.4) is 0 Å². The van der Waals surface area contributed by atoms with Gasteiger partial charge in [-0.05, 0) is 23.8 Å². The minimum Gasteiger partial charge on any atom is -0.393 e. The normalized spacial score (nSPS) is 13.7. The SMILES string of the molecule is CC(C)C(O)CCNS(=O)(=O)c1cccc2ccccc12. The molecule has 0 amide bonds. The monoisotopic (exact) mass is 307 g/mol. The molecule has 0 aliphatic rings. The molecule has 21 heavy (non-hydrogen) atoms. The van der Waals surface area contributed by atoms with Gasteiger partial charge in [0.1, 0.15) is 0 Å². The molecule has 0 saturated heterocycles. The van der Waals surface area contributed by atoms with Crippen molar-refractivity contribution in [2.24, 2.45) is 5.92 Å². The number of aliphatic hydroxyl groups excluding tert-OH is 1. The van der Waals surface area contributed by atoms with Gasteiger partial charge in [-0.15, -0.1) is 0 Å². The molecule has 2 aromatic carbocycles. The zero-order valence-corrected chi connectivity index (χ0v) is 13.1. The number of aliphatic hydroxyl groups is 1. The molecule has 0 aromatic heterocycles. The van der Waals surface area contributed by atoms with Crippen LogP contribution in [0.4, 0.5) is 0 Å². The van der Waals surface area contributed by atoms with Gasteiger partial charge in [-0.1, -0.05) is 50.2 Å². The van der Waals surface area contributed by atoms with Gasteiger partial charge in [-0.2, -0.15) is 0 Å². The predicted octanol–water partition coefficient (Wildman–Crippen LogP) is 2.53. The fraction of sp³-hybridized carbons (Fsp3) is 0.375. The summed E-state index contributed by atoms with van der Waals surface area (Å²) in [6.07, 6.45) is -0.0954. The van der Waals surface area contributed by atoms with Crippen molar-refractivity contribution < 1.29 is 13.5 Å². The number of nitrogens with one attached hydrogen (secondary N) is 1. The molecule has 0 spiro atoms. The van der Waals surface area contributed by atoms with Gasteiger partial charge in [0.2, 0.25) is 10.0 Å². The van der Waals surface area contributed by atoms with E-state index in [-0.39, 0.29) is 17.4 Å². The third kappa shape index (κ3) is 3.81. The van der Waals surface area contributed by atoms with E-state index >= 15 is 0 Å². The summed E-state index contributed by atoms with van der Waals surface area (Å²) in [5.74, 6) is 0.118. The smallest absolute Gasteiger partial charge is 0.241 e. The molecule has 0 heterocycles. The lowest BCUT2D eigenvalue weighted by Gasteiger charge is -2.15. The molecule has 0 radical (unpaired) electrons. The zero-order chi connectivity index (χ0) is 15.5. The maximum atomic E-state index is 12.4. The Labute approximate surface area is 125 Å². The van der Waals surface area contributed by atoms with E-state index in [0.29, 0.717) is 11.8 Å². The van der Waals surface area contributed by atoms with Crippen LogP contribution in [0.2, 0.25) is 0 Å².